The zero-order chi connectivity index (χ0) is 23.9. The molecule has 1 amide bonds. The normalized spacial score (nSPS) is 16.7. The summed E-state index contributed by atoms with van der Waals surface area (Å²) in [5, 5.41) is 19.2. The molecule has 2 aromatic heterocycles. The number of nitrogens with one attached hydrogen (secondary N) is 1. The smallest absolute Gasteiger partial charge is 0.283 e. The highest BCUT2D eigenvalue weighted by Gasteiger charge is 2.35. The minimum Gasteiger partial charge on any atom is -0.342 e. The molecule has 6 rings (SSSR count). The standard InChI is InChI=1S/C27H21N5OS2/c1-17-7-2-3-8-18(17)15-31-16-19(21-10-4-5-11-23(21)31)13-22-25(28)32-27(29-26(22)33)35-24(30-32)14-20-9-6-12-34-20/h2-13,16,28H,14-15H2,1H3/b22-13+,28-25?. The average molecular weight is 496 g/mol. The van der Waals surface area contributed by atoms with Gasteiger partial charge in [0.25, 0.3) is 5.91 Å². The van der Waals surface area contributed by atoms with Crippen molar-refractivity contribution in [1.82, 2.24) is 9.58 Å². The molecular formula is C27H21N5OS2. The number of amides is 1. The number of benzene rings is 2. The van der Waals surface area contributed by atoms with Gasteiger partial charge in [0.1, 0.15) is 5.04 Å². The van der Waals surface area contributed by atoms with Gasteiger partial charge in [0.05, 0.1) is 5.57 Å². The van der Waals surface area contributed by atoms with E-state index in [1.54, 1.807) is 17.4 Å². The molecule has 6 nitrogen and oxygen atoms in total. The molecule has 2 aromatic carbocycles. The maximum atomic E-state index is 13.0. The summed E-state index contributed by atoms with van der Waals surface area (Å²) in [7, 11) is 0. The van der Waals surface area contributed by atoms with Gasteiger partial charge < -0.3 is 4.57 Å². The third-order valence-electron chi connectivity index (χ3n) is 6.12. The number of hydrogen-bond acceptors (Lipinski definition) is 5. The SMILES string of the molecule is Cc1ccccc1Cn1cc(/C=C2\C(=N)N3N=C(Cc4cccs4)SC3=NC2=O)c2ccccc21. The van der Waals surface area contributed by atoms with Gasteiger partial charge in [-0.2, -0.15) is 15.1 Å². The molecule has 172 valence electrons. The minimum absolute atomic E-state index is 0.0596. The minimum atomic E-state index is -0.406. The first-order valence-corrected chi connectivity index (χ1v) is 12.9. The van der Waals surface area contributed by atoms with Crippen LogP contribution in [0, 0.1) is 12.3 Å². The van der Waals surface area contributed by atoms with Crippen LogP contribution in [0.5, 0.6) is 0 Å². The fourth-order valence-corrected chi connectivity index (χ4v) is 6.02. The summed E-state index contributed by atoms with van der Waals surface area (Å²) in [6.45, 7) is 2.84. The zero-order valence-corrected chi connectivity index (χ0v) is 20.6. The lowest BCUT2D eigenvalue weighted by molar-refractivity contribution is -0.114. The predicted molar refractivity (Wildman–Crippen MR) is 145 cm³/mol. The van der Waals surface area contributed by atoms with Crippen LogP contribution in [0.25, 0.3) is 17.0 Å². The molecule has 0 spiro atoms. The summed E-state index contributed by atoms with van der Waals surface area (Å²) in [6, 6.07) is 20.5. The Morgan fingerprint density at radius 3 is 2.71 bits per heavy atom. The van der Waals surface area contributed by atoms with E-state index in [0.717, 1.165) is 28.1 Å². The number of carbonyl (C=O) groups excluding carboxylic acids is 1. The van der Waals surface area contributed by atoms with E-state index in [1.807, 2.05) is 41.9 Å². The molecule has 0 atom stereocenters. The lowest BCUT2D eigenvalue weighted by Crippen LogP contribution is -2.35. The first-order chi connectivity index (χ1) is 17.1. The van der Waals surface area contributed by atoms with Gasteiger partial charge in [0.15, 0.2) is 5.84 Å². The molecule has 4 heterocycles. The molecule has 0 aliphatic carbocycles. The van der Waals surface area contributed by atoms with Crippen molar-refractivity contribution in [2.75, 3.05) is 0 Å². The number of carbonyl (C=O) groups is 1. The zero-order valence-electron chi connectivity index (χ0n) is 18.9. The van der Waals surface area contributed by atoms with Gasteiger partial charge in [0, 0.05) is 40.5 Å². The van der Waals surface area contributed by atoms with Crippen LogP contribution >= 0.6 is 23.1 Å². The quantitative estimate of drug-likeness (QED) is 0.349. The van der Waals surface area contributed by atoms with Crippen molar-refractivity contribution >= 4 is 62.0 Å². The number of thiophene rings is 1. The Bertz CT molecular complexity index is 1580. The Morgan fingerprint density at radius 2 is 1.89 bits per heavy atom. The Hall–Kier alpha value is -3.75. The summed E-state index contributed by atoms with van der Waals surface area (Å²) in [6.07, 6.45) is 4.50. The molecule has 2 aliphatic heterocycles. The number of nitrogens with zero attached hydrogens (tertiary/aromatic N) is 4. The summed E-state index contributed by atoms with van der Waals surface area (Å²) in [5.74, 6) is -0.346. The fraction of sp³-hybridized carbons (Fsp3) is 0.111. The van der Waals surface area contributed by atoms with Gasteiger partial charge in [-0.1, -0.05) is 48.5 Å². The molecule has 4 aromatic rings. The molecular weight excluding hydrogens is 474 g/mol. The third kappa shape index (κ3) is 4.05. The highest BCUT2D eigenvalue weighted by Crippen LogP contribution is 2.32. The van der Waals surface area contributed by atoms with Crippen molar-refractivity contribution in [2.24, 2.45) is 10.1 Å². The van der Waals surface area contributed by atoms with Crippen LogP contribution in [0.4, 0.5) is 0 Å². The Kier molecular flexibility index (Phi) is 5.47. The van der Waals surface area contributed by atoms with Crippen LogP contribution in [-0.2, 0) is 17.8 Å². The van der Waals surface area contributed by atoms with Gasteiger partial charge in [-0.25, -0.2) is 0 Å². The van der Waals surface area contributed by atoms with Gasteiger partial charge >= 0.3 is 0 Å². The van der Waals surface area contributed by atoms with E-state index in [-0.39, 0.29) is 11.4 Å². The number of rotatable bonds is 5. The maximum Gasteiger partial charge on any atom is 0.283 e. The van der Waals surface area contributed by atoms with Crippen LogP contribution in [0.3, 0.4) is 0 Å². The van der Waals surface area contributed by atoms with Crippen LogP contribution in [0.15, 0.2) is 87.9 Å². The summed E-state index contributed by atoms with van der Waals surface area (Å²) < 4.78 is 2.19. The molecule has 1 N–H and O–H groups in total. The van der Waals surface area contributed by atoms with Crippen LogP contribution < -0.4 is 0 Å². The number of aryl methyl sites for hydroxylation is 1. The summed E-state index contributed by atoms with van der Waals surface area (Å²) in [4.78, 5) is 18.4. The number of para-hydroxylation sites is 1. The highest BCUT2D eigenvalue weighted by atomic mass is 32.2. The van der Waals surface area contributed by atoms with Crippen LogP contribution in [-0.4, -0.2) is 31.5 Å². The summed E-state index contributed by atoms with van der Waals surface area (Å²) >= 11 is 3.02. The van der Waals surface area contributed by atoms with E-state index in [1.165, 1.54) is 32.8 Å². The number of hydrogen-bond donors (Lipinski definition) is 1. The number of fused-ring (bicyclic) bond motifs is 2. The van der Waals surface area contributed by atoms with E-state index in [2.05, 4.69) is 51.9 Å². The molecule has 0 saturated carbocycles. The van der Waals surface area contributed by atoms with Gasteiger partial charge in [-0.3, -0.25) is 10.2 Å². The van der Waals surface area contributed by atoms with Crippen molar-refractivity contribution in [3.63, 3.8) is 0 Å². The number of hydrazone groups is 1. The van der Waals surface area contributed by atoms with Crippen molar-refractivity contribution < 1.29 is 4.79 Å². The molecule has 2 aliphatic rings. The topological polar surface area (TPSA) is 73.8 Å². The molecule has 0 unspecified atom stereocenters. The van der Waals surface area contributed by atoms with E-state index in [0.29, 0.717) is 11.6 Å². The lowest BCUT2D eigenvalue weighted by Gasteiger charge is -2.20. The van der Waals surface area contributed by atoms with Gasteiger partial charge in [-0.15, -0.1) is 11.3 Å². The number of aromatic nitrogens is 1. The second-order valence-electron chi connectivity index (χ2n) is 8.43. The first-order valence-electron chi connectivity index (χ1n) is 11.2. The second-order valence-corrected chi connectivity index (χ2v) is 10.5. The van der Waals surface area contributed by atoms with Gasteiger partial charge in [-0.05, 0) is 53.4 Å². The fourth-order valence-electron chi connectivity index (χ4n) is 4.31. The first kappa shape index (κ1) is 21.8. The van der Waals surface area contributed by atoms with E-state index in [4.69, 9.17) is 5.41 Å². The molecule has 0 saturated heterocycles. The largest absolute Gasteiger partial charge is 0.342 e. The maximum absolute atomic E-state index is 13.0. The Balaban J connectivity index is 1.35. The van der Waals surface area contributed by atoms with Crippen molar-refractivity contribution in [3.05, 3.63) is 99.4 Å². The Labute approximate surface area is 210 Å². The summed E-state index contributed by atoms with van der Waals surface area (Å²) in [5.41, 5.74) is 4.68. The molecule has 0 bridgehead atoms. The Morgan fingerprint density at radius 1 is 1.06 bits per heavy atom. The van der Waals surface area contributed by atoms with E-state index in [9.17, 15) is 4.79 Å². The monoisotopic (exact) mass is 495 g/mol. The van der Waals surface area contributed by atoms with Crippen molar-refractivity contribution in [3.8, 4) is 0 Å². The highest BCUT2D eigenvalue weighted by molar-refractivity contribution is 8.27. The number of aliphatic imine (C=N–C) groups is 1. The van der Waals surface area contributed by atoms with Crippen LogP contribution in [0.1, 0.15) is 21.6 Å². The molecule has 0 fully saturated rings. The average Bonchev–Trinajstić information content (AvgIpc) is 3.58. The lowest BCUT2D eigenvalue weighted by atomic mass is 10.1. The number of amidine groups is 2. The van der Waals surface area contributed by atoms with Crippen molar-refractivity contribution in [1.29, 1.82) is 5.41 Å². The second kappa shape index (κ2) is 8.79. The molecule has 8 heteroatoms. The van der Waals surface area contributed by atoms with E-state index < -0.39 is 5.91 Å². The van der Waals surface area contributed by atoms with E-state index >= 15 is 0 Å². The number of thioether (sulfide) groups is 1. The van der Waals surface area contributed by atoms with Crippen LogP contribution in [0.2, 0.25) is 0 Å². The molecule has 0 radical (unpaired) electrons. The molecule has 35 heavy (non-hydrogen) atoms. The van der Waals surface area contributed by atoms with Gasteiger partial charge in [0.2, 0.25) is 5.17 Å². The van der Waals surface area contributed by atoms with Crippen molar-refractivity contribution in [2.45, 2.75) is 19.9 Å². The predicted octanol–water partition coefficient (Wildman–Crippen LogP) is 5.92. The third-order valence-corrected chi connectivity index (χ3v) is 7.91.